The van der Waals surface area contributed by atoms with E-state index in [0.29, 0.717) is 18.7 Å². The molecule has 9 heteroatoms. The van der Waals surface area contributed by atoms with E-state index in [0.717, 1.165) is 21.0 Å². The molecule has 39 heavy (non-hydrogen) atoms. The number of aryl methyl sites for hydroxylation is 3. The van der Waals surface area contributed by atoms with Crippen molar-refractivity contribution in [2.24, 2.45) is 0 Å². The number of carbonyl (C=O) groups is 2. The molecule has 0 fully saturated rings. The van der Waals surface area contributed by atoms with Crippen molar-refractivity contribution in [3.63, 3.8) is 0 Å². The van der Waals surface area contributed by atoms with Crippen molar-refractivity contribution in [2.75, 3.05) is 17.4 Å². The Bertz CT molecular complexity index is 1420. The highest BCUT2D eigenvalue weighted by atomic mass is 32.2. The van der Waals surface area contributed by atoms with Gasteiger partial charge < -0.3 is 10.2 Å². The Morgan fingerprint density at radius 2 is 1.62 bits per heavy atom. The summed E-state index contributed by atoms with van der Waals surface area (Å²) in [7, 11) is -4.16. The van der Waals surface area contributed by atoms with Gasteiger partial charge in [-0.1, -0.05) is 48.9 Å². The number of amides is 2. The van der Waals surface area contributed by atoms with Gasteiger partial charge in [0.05, 0.1) is 10.6 Å². The van der Waals surface area contributed by atoms with Crippen LogP contribution in [0.2, 0.25) is 0 Å². The smallest absolute Gasteiger partial charge is 0.264 e. The molecule has 0 aliphatic rings. The standard InChI is InChI=1S/C30H36FN3O4S/c1-6-17-32-30(36)24(5)33(19-25-9-7-8-10-28(25)31)29(35)20-34(26-14-13-22(3)23(4)18-26)39(37,38)27-15-11-21(2)12-16-27/h7-16,18,24H,6,17,19-20H2,1-5H3,(H,32,36). The summed E-state index contributed by atoms with van der Waals surface area (Å²) in [5, 5.41) is 2.77. The Labute approximate surface area is 230 Å². The minimum atomic E-state index is -4.16. The Hall–Kier alpha value is -3.72. The molecule has 0 saturated carbocycles. The van der Waals surface area contributed by atoms with Crippen molar-refractivity contribution in [3.05, 3.63) is 94.8 Å². The maximum atomic E-state index is 14.6. The third-order valence-electron chi connectivity index (χ3n) is 6.68. The lowest BCUT2D eigenvalue weighted by Gasteiger charge is -2.32. The molecule has 0 spiro atoms. The summed E-state index contributed by atoms with van der Waals surface area (Å²) in [5.41, 5.74) is 3.27. The normalized spacial score (nSPS) is 12.1. The van der Waals surface area contributed by atoms with E-state index in [9.17, 15) is 22.4 Å². The summed E-state index contributed by atoms with van der Waals surface area (Å²) in [6, 6.07) is 16.6. The summed E-state index contributed by atoms with van der Waals surface area (Å²) in [5.74, 6) is -1.55. The Morgan fingerprint density at radius 1 is 0.949 bits per heavy atom. The van der Waals surface area contributed by atoms with Crippen molar-refractivity contribution < 1.29 is 22.4 Å². The Morgan fingerprint density at radius 3 is 2.23 bits per heavy atom. The lowest BCUT2D eigenvalue weighted by atomic mass is 10.1. The van der Waals surface area contributed by atoms with Gasteiger partial charge in [-0.05, 0) is 75.6 Å². The molecular formula is C30H36FN3O4S. The van der Waals surface area contributed by atoms with Crippen LogP contribution in [0.25, 0.3) is 0 Å². The number of sulfonamides is 1. The van der Waals surface area contributed by atoms with Crippen molar-refractivity contribution in [1.29, 1.82) is 0 Å². The molecule has 0 heterocycles. The van der Waals surface area contributed by atoms with Crippen LogP contribution < -0.4 is 9.62 Å². The van der Waals surface area contributed by atoms with Crippen LogP contribution in [0.4, 0.5) is 10.1 Å². The number of rotatable bonds is 11. The monoisotopic (exact) mass is 553 g/mol. The predicted molar refractivity (Wildman–Crippen MR) is 151 cm³/mol. The molecule has 1 atom stereocenters. The number of benzene rings is 3. The van der Waals surface area contributed by atoms with Crippen molar-refractivity contribution >= 4 is 27.5 Å². The van der Waals surface area contributed by atoms with Crippen LogP contribution in [0.3, 0.4) is 0 Å². The van der Waals surface area contributed by atoms with Gasteiger partial charge in [0, 0.05) is 18.7 Å². The molecule has 0 bridgehead atoms. The zero-order chi connectivity index (χ0) is 28.7. The highest BCUT2D eigenvalue weighted by Gasteiger charge is 2.33. The largest absolute Gasteiger partial charge is 0.354 e. The SMILES string of the molecule is CCCNC(=O)C(C)N(Cc1ccccc1F)C(=O)CN(c1ccc(C)c(C)c1)S(=O)(=O)c1ccc(C)cc1. The van der Waals surface area contributed by atoms with E-state index in [4.69, 9.17) is 0 Å². The van der Waals surface area contributed by atoms with Crippen LogP contribution in [0.15, 0.2) is 71.6 Å². The summed E-state index contributed by atoms with van der Waals surface area (Å²) in [6.07, 6.45) is 0.703. The molecule has 3 rings (SSSR count). The molecule has 3 aromatic carbocycles. The minimum absolute atomic E-state index is 0.0357. The van der Waals surface area contributed by atoms with Crippen LogP contribution in [0.5, 0.6) is 0 Å². The van der Waals surface area contributed by atoms with E-state index in [1.807, 2.05) is 27.7 Å². The fourth-order valence-corrected chi connectivity index (χ4v) is 5.44. The first kappa shape index (κ1) is 29.8. The first-order valence-electron chi connectivity index (χ1n) is 12.9. The molecule has 1 unspecified atom stereocenters. The van der Waals surface area contributed by atoms with E-state index in [1.165, 1.54) is 35.2 Å². The number of nitrogens with one attached hydrogen (secondary N) is 1. The van der Waals surface area contributed by atoms with Crippen molar-refractivity contribution in [3.8, 4) is 0 Å². The lowest BCUT2D eigenvalue weighted by molar-refractivity contribution is -0.139. The number of hydrogen-bond acceptors (Lipinski definition) is 4. The molecule has 208 valence electrons. The molecular weight excluding hydrogens is 517 g/mol. The molecule has 0 saturated heterocycles. The number of carbonyl (C=O) groups excluding carboxylic acids is 2. The van der Waals surface area contributed by atoms with Crippen LogP contribution in [0, 0.1) is 26.6 Å². The quantitative estimate of drug-likeness (QED) is 0.366. The average molecular weight is 554 g/mol. The minimum Gasteiger partial charge on any atom is -0.354 e. The number of anilines is 1. The molecule has 0 aliphatic heterocycles. The topological polar surface area (TPSA) is 86.8 Å². The van der Waals surface area contributed by atoms with Crippen LogP contribution in [-0.2, 0) is 26.2 Å². The van der Waals surface area contributed by atoms with Crippen LogP contribution in [-0.4, -0.2) is 44.3 Å². The second-order valence-electron chi connectivity index (χ2n) is 9.67. The lowest BCUT2D eigenvalue weighted by Crippen LogP contribution is -2.51. The molecule has 2 amide bonds. The molecule has 1 N–H and O–H groups in total. The van der Waals surface area contributed by atoms with Gasteiger partial charge in [-0.3, -0.25) is 13.9 Å². The van der Waals surface area contributed by atoms with E-state index >= 15 is 0 Å². The van der Waals surface area contributed by atoms with Crippen LogP contribution in [0.1, 0.15) is 42.5 Å². The highest BCUT2D eigenvalue weighted by molar-refractivity contribution is 7.92. The van der Waals surface area contributed by atoms with Crippen molar-refractivity contribution in [1.82, 2.24) is 10.2 Å². The summed E-state index contributed by atoms with van der Waals surface area (Å²) < 4.78 is 43.4. The van der Waals surface area contributed by atoms with Gasteiger partial charge in [0.15, 0.2) is 0 Å². The maximum Gasteiger partial charge on any atom is 0.264 e. The van der Waals surface area contributed by atoms with Gasteiger partial charge in [-0.25, -0.2) is 12.8 Å². The highest BCUT2D eigenvalue weighted by Crippen LogP contribution is 2.27. The van der Waals surface area contributed by atoms with Crippen LogP contribution >= 0.6 is 0 Å². The Kier molecular flexibility index (Phi) is 9.86. The molecule has 0 aliphatic carbocycles. The number of nitrogens with zero attached hydrogens (tertiary/aromatic N) is 2. The molecule has 3 aromatic rings. The fraction of sp³-hybridized carbons (Fsp3) is 0.333. The molecule has 0 radical (unpaired) electrons. The maximum absolute atomic E-state index is 14.6. The summed E-state index contributed by atoms with van der Waals surface area (Å²) >= 11 is 0. The number of halogens is 1. The van der Waals surface area contributed by atoms with Gasteiger partial charge in [0.2, 0.25) is 11.8 Å². The van der Waals surface area contributed by atoms with E-state index < -0.39 is 40.2 Å². The number of hydrogen-bond donors (Lipinski definition) is 1. The third-order valence-corrected chi connectivity index (χ3v) is 8.47. The first-order valence-corrected chi connectivity index (χ1v) is 14.4. The predicted octanol–water partition coefficient (Wildman–Crippen LogP) is 4.89. The fourth-order valence-electron chi connectivity index (χ4n) is 4.04. The zero-order valence-electron chi connectivity index (χ0n) is 23.1. The third kappa shape index (κ3) is 7.23. The summed E-state index contributed by atoms with van der Waals surface area (Å²) in [6.45, 7) is 8.74. The van der Waals surface area contributed by atoms with E-state index in [-0.39, 0.29) is 17.0 Å². The van der Waals surface area contributed by atoms with Crippen molar-refractivity contribution in [2.45, 2.75) is 58.5 Å². The van der Waals surface area contributed by atoms with E-state index in [1.54, 1.807) is 43.3 Å². The Balaban J connectivity index is 2.05. The first-order chi connectivity index (χ1) is 18.4. The van der Waals surface area contributed by atoms with Gasteiger partial charge in [-0.15, -0.1) is 0 Å². The van der Waals surface area contributed by atoms with Gasteiger partial charge in [0.25, 0.3) is 10.0 Å². The molecule has 7 nitrogen and oxygen atoms in total. The van der Waals surface area contributed by atoms with Gasteiger partial charge >= 0.3 is 0 Å². The van der Waals surface area contributed by atoms with Gasteiger partial charge in [-0.2, -0.15) is 0 Å². The van der Waals surface area contributed by atoms with Gasteiger partial charge in [0.1, 0.15) is 18.4 Å². The average Bonchev–Trinajstić information content (AvgIpc) is 2.91. The van der Waals surface area contributed by atoms with E-state index in [2.05, 4.69) is 5.32 Å². The second-order valence-corrected chi connectivity index (χ2v) is 11.5. The molecule has 0 aromatic heterocycles. The zero-order valence-corrected chi connectivity index (χ0v) is 23.9. The summed E-state index contributed by atoms with van der Waals surface area (Å²) in [4.78, 5) is 28.0. The second kappa shape index (κ2) is 12.9.